The summed E-state index contributed by atoms with van der Waals surface area (Å²) in [6.07, 6.45) is 5.99. The van der Waals surface area contributed by atoms with Crippen LogP contribution in [0.1, 0.15) is 53.9 Å². The van der Waals surface area contributed by atoms with Crippen LogP contribution in [0.3, 0.4) is 0 Å². The van der Waals surface area contributed by atoms with Crippen molar-refractivity contribution in [2.45, 2.75) is 49.5 Å². The summed E-state index contributed by atoms with van der Waals surface area (Å²) in [5, 5.41) is 0. The molecular formula is C30H34FIN2OS. The van der Waals surface area contributed by atoms with Crippen LogP contribution < -0.4 is 0 Å². The summed E-state index contributed by atoms with van der Waals surface area (Å²) >= 11 is -0.314. The first-order valence-electron chi connectivity index (χ1n) is 12.9. The van der Waals surface area contributed by atoms with Gasteiger partial charge in [-0.2, -0.15) is 11.8 Å². The molecule has 0 saturated carbocycles. The average Bonchev–Trinajstić information content (AvgIpc) is 3.54. The van der Waals surface area contributed by atoms with Gasteiger partial charge in [-0.05, 0) is 25.3 Å². The second kappa shape index (κ2) is 9.59. The van der Waals surface area contributed by atoms with Gasteiger partial charge in [0, 0.05) is 11.8 Å². The van der Waals surface area contributed by atoms with E-state index in [0.717, 1.165) is 37.1 Å². The van der Waals surface area contributed by atoms with E-state index in [-0.39, 0.29) is 17.2 Å². The average molecular weight is 617 g/mol. The van der Waals surface area contributed by atoms with E-state index in [1.165, 1.54) is 29.1 Å². The molecule has 2 saturated heterocycles. The van der Waals surface area contributed by atoms with Crippen LogP contribution in [0.15, 0.2) is 49.8 Å². The van der Waals surface area contributed by atoms with Crippen molar-refractivity contribution < 1.29 is 9.18 Å². The van der Waals surface area contributed by atoms with Gasteiger partial charge in [-0.1, -0.05) is 0 Å². The van der Waals surface area contributed by atoms with E-state index in [0.29, 0.717) is 30.2 Å². The first kappa shape index (κ1) is 24.7. The number of ketones is 1. The summed E-state index contributed by atoms with van der Waals surface area (Å²) in [4.78, 5) is 18.5. The van der Waals surface area contributed by atoms with Crippen molar-refractivity contribution in [2.75, 3.05) is 29.5 Å². The van der Waals surface area contributed by atoms with Crippen molar-refractivity contribution in [3.8, 4) is 0 Å². The minimum absolute atomic E-state index is 0.0222. The Kier molecular flexibility index (Phi) is 6.57. The molecule has 2 aromatic carbocycles. The summed E-state index contributed by atoms with van der Waals surface area (Å²) in [5.74, 6) is 2.67. The van der Waals surface area contributed by atoms with Crippen molar-refractivity contribution in [3.05, 3.63) is 74.6 Å². The molecule has 36 heavy (non-hydrogen) atoms. The molecule has 190 valence electrons. The molecule has 3 aliphatic heterocycles. The summed E-state index contributed by atoms with van der Waals surface area (Å²) in [6, 6.07) is 14.7. The molecule has 4 aliphatic rings. The molecule has 3 nitrogen and oxygen atoms in total. The predicted molar refractivity (Wildman–Crippen MR) is 161 cm³/mol. The van der Waals surface area contributed by atoms with Crippen molar-refractivity contribution in [1.82, 2.24) is 4.90 Å². The summed E-state index contributed by atoms with van der Waals surface area (Å²) in [7, 11) is 0. The third-order valence-corrected chi connectivity index (χ3v) is 13.3. The number of benzene rings is 2. The molecule has 3 heterocycles. The fourth-order valence-electron chi connectivity index (χ4n) is 6.55. The van der Waals surface area contributed by atoms with E-state index < -0.39 is 18.2 Å². The molecule has 0 radical (unpaired) electrons. The van der Waals surface area contributed by atoms with Gasteiger partial charge >= 0.3 is 169 Å². The molecule has 3 unspecified atom stereocenters. The normalized spacial score (nSPS) is 31.3. The van der Waals surface area contributed by atoms with Gasteiger partial charge in [0.2, 0.25) is 0 Å². The zero-order chi connectivity index (χ0) is 24.9. The summed E-state index contributed by atoms with van der Waals surface area (Å²) < 4.78 is 26.2. The number of allylic oxidation sites excluding steroid dienone is 1. The third-order valence-electron chi connectivity index (χ3n) is 8.57. The summed E-state index contributed by atoms with van der Waals surface area (Å²) in [6.45, 7) is 2.00. The number of piperidine rings is 1. The minimum atomic E-state index is -2.37. The first-order valence-corrected chi connectivity index (χ1v) is 19.9. The fourth-order valence-corrected chi connectivity index (χ4v) is 10.9. The Morgan fingerprint density at radius 1 is 1.22 bits per heavy atom. The van der Waals surface area contributed by atoms with E-state index >= 15 is 4.39 Å². The topological polar surface area (TPSA) is 32.7 Å². The number of thioether (sulfide) groups is 1. The number of Topliss-reactive ketones (excluding diaryl/α,β-unsaturated/α-hetero) is 1. The van der Waals surface area contributed by atoms with E-state index in [2.05, 4.69) is 57.7 Å². The number of hydrogen-bond acceptors (Lipinski definition) is 4. The number of halogens is 2. The SMILES string of the molecule is C=I1(C)C=C(c2ccc(CC3CC(=O)C4(CCN(C5CCSC5)CC4)c4ccccc43)c(F)c2)C=N1. The standard InChI is InChI=1S/C30H34FIN2OS/c1-32(2)18-24(19-33-32)21-7-8-22(28(31)16-21)15-23-17-29(35)30(27-6-4-3-5-26(23)27)10-12-34(13-11-30)25-9-14-36-20-25/h3-8,16,18-19,23,25H,1,9-15,17,20H2,2H3. The van der Waals surface area contributed by atoms with Crippen molar-refractivity contribution in [2.24, 2.45) is 3.21 Å². The zero-order valence-corrected chi connectivity index (χ0v) is 23.9. The van der Waals surface area contributed by atoms with Gasteiger partial charge in [0.15, 0.2) is 0 Å². The van der Waals surface area contributed by atoms with Crippen LogP contribution >= 0.6 is 30.0 Å². The Bertz CT molecular complexity index is 1300. The second-order valence-electron chi connectivity index (χ2n) is 10.9. The zero-order valence-electron chi connectivity index (χ0n) is 20.9. The van der Waals surface area contributed by atoms with Crippen LogP contribution in [0, 0.1) is 5.82 Å². The third kappa shape index (κ3) is 4.47. The molecule has 2 fully saturated rings. The molecular weight excluding hydrogens is 582 g/mol. The monoisotopic (exact) mass is 616 g/mol. The van der Waals surface area contributed by atoms with Crippen LogP contribution in [-0.4, -0.2) is 57.0 Å². The van der Waals surface area contributed by atoms with Gasteiger partial charge in [0.1, 0.15) is 0 Å². The maximum atomic E-state index is 15.3. The number of alkyl halides is 1. The number of rotatable bonds is 4. The van der Waals surface area contributed by atoms with Gasteiger partial charge in [0.05, 0.1) is 0 Å². The number of carbonyl (C=O) groups is 1. The number of carbonyl (C=O) groups excluding carboxylic acids is 1. The molecule has 0 amide bonds. The molecule has 1 aliphatic carbocycles. The van der Waals surface area contributed by atoms with E-state index in [4.69, 9.17) is 0 Å². The van der Waals surface area contributed by atoms with Gasteiger partial charge in [-0.3, -0.25) is 4.90 Å². The molecule has 3 atom stereocenters. The molecule has 0 bridgehead atoms. The molecule has 2 aromatic rings. The molecule has 6 rings (SSSR count). The Morgan fingerprint density at radius 3 is 2.72 bits per heavy atom. The van der Waals surface area contributed by atoms with Crippen molar-refractivity contribution >= 4 is 52.1 Å². The molecule has 1 spiro atoms. The summed E-state index contributed by atoms with van der Waals surface area (Å²) in [5.41, 5.74) is 4.62. The molecule has 0 N–H and O–H groups in total. The number of fused-ring (bicyclic) bond motifs is 2. The molecule has 0 aromatic heterocycles. The molecule has 6 heteroatoms. The predicted octanol–water partition coefficient (Wildman–Crippen LogP) is 6.41. The second-order valence-corrected chi connectivity index (χ2v) is 19.1. The number of hydrogen-bond donors (Lipinski definition) is 0. The maximum absolute atomic E-state index is 15.3. The Hall–Kier alpha value is -1.64. The Labute approximate surface area is 222 Å². The van der Waals surface area contributed by atoms with Gasteiger partial charge in [-0.15, -0.1) is 0 Å². The Morgan fingerprint density at radius 2 is 2.03 bits per heavy atom. The van der Waals surface area contributed by atoms with Gasteiger partial charge < -0.3 is 0 Å². The number of likely N-dealkylation sites (tertiary alicyclic amines) is 1. The van der Waals surface area contributed by atoms with Crippen LogP contribution in [0.2, 0.25) is 0 Å². The van der Waals surface area contributed by atoms with Crippen LogP contribution in [0.4, 0.5) is 4.39 Å². The first-order chi connectivity index (χ1) is 17.3. The van der Waals surface area contributed by atoms with Crippen molar-refractivity contribution in [3.63, 3.8) is 0 Å². The van der Waals surface area contributed by atoms with E-state index in [1.807, 2.05) is 18.3 Å². The van der Waals surface area contributed by atoms with E-state index in [9.17, 15) is 4.79 Å². The van der Waals surface area contributed by atoms with Crippen molar-refractivity contribution in [1.29, 1.82) is 0 Å². The van der Waals surface area contributed by atoms with E-state index in [1.54, 1.807) is 6.07 Å². The quantitative estimate of drug-likeness (QED) is 0.294. The van der Waals surface area contributed by atoms with Crippen LogP contribution in [-0.2, 0) is 16.6 Å². The number of nitrogens with zero attached hydrogens (tertiary/aromatic N) is 2. The van der Waals surface area contributed by atoms with Gasteiger partial charge in [0.25, 0.3) is 0 Å². The fraction of sp³-hybridized carbons (Fsp3) is 0.433. The van der Waals surface area contributed by atoms with Crippen LogP contribution in [0.5, 0.6) is 0 Å². The van der Waals surface area contributed by atoms with Crippen LogP contribution in [0.25, 0.3) is 5.57 Å². The Balaban J connectivity index is 1.24. The van der Waals surface area contributed by atoms with Gasteiger partial charge in [-0.25, -0.2) is 0 Å².